The van der Waals surface area contributed by atoms with Gasteiger partial charge in [-0.2, -0.15) is 0 Å². The van der Waals surface area contributed by atoms with Crippen LogP contribution in [-0.2, 0) is 11.2 Å². The van der Waals surface area contributed by atoms with Gasteiger partial charge in [0, 0.05) is 26.8 Å². The number of anilines is 1. The number of carbonyl (C=O) groups excluding carboxylic acids is 1. The zero-order valence-electron chi connectivity index (χ0n) is 8.87. The van der Waals surface area contributed by atoms with E-state index in [1.807, 2.05) is 31.3 Å². The van der Waals surface area contributed by atoms with Gasteiger partial charge in [0.25, 0.3) is 0 Å². The number of benzene rings is 1. The Kier molecular flexibility index (Phi) is 3.51. The van der Waals surface area contributed by atoms with Crippen molar-refractivity contribution in [3.63, 3.8) is 0 Å². The van der Waals surface area contributed by atoms with Gasteiger partial charge in [-0.05, 0) is 17.7 Å². The average Bonchev–Trinajstić information content (AvgIpc) is 2.18. The summed E-state index contributed by atoms with van der Waals surface area (Å²) in [5.74, 6) is 0.123. The van der Waals surface area contributed by atoms with Crippen molar-refractivity contribution in [1.82, 2.24) is 4.90 Å². The molecule has 0 unspecified atom stereocenters. The van der Waals surface area contributed by atoms with E-state index in [0.29, 0.717) is 6.42 Å². The fourth-order valence-electron chi connectivity index (χ4n) is 1.17. The highest BCUT2D eigenvalue weighted by Gasteiger charge is 2.05. The largest absolute Gasteiger partial charge is 0.388 e. The van der Waals surface area contributed by atoms with E-state index >= 15 is 0 Å². The fraction of sp³-hybridized carbons (Fsp3) is 0.364. The molecule has 1 amide bonds. The SMILES string of the molecule is CNc1cccc(CC(=O)N(C)C)c1. The fourth-order valence-corrected chi connectivity index (χ4v) is 1.17. The van der Waals surface area contributed by atoms with Crippen LogP contribution in [0.5, 0.6) is 0 Å². The van der Waals surface area contributed by atoms with Gasteiger partial charge in [-0.1, -0.05) is 12.1 Å². The van der Waals surface area contributed by atoms with Crippen LogP contribution >= 0.6 is 0 Å². The molecule has 0 spiro atoms. The molecule has 1 aromatic rings. The van der Waals surface area contributed by atoms with Crippen LogP contribution in [0.1, 0.15) is 5.56 Å². The number of amides is 1. The van der Waals surface area contributed by atoms with Crippen LogP contribution in [0, 0.1) is 0 Å². The van der Waals surface area contributed by atoms with Gasteiger partial charge >= 0.3 is 0 Å². The lowest BCUT2D eigenvalue weighted by molar-refractivity contribution is -0.127. The molecule has 0 bridgehead atoms. The minimum Gasteiger partial charge on any atom is -0.388 e. The van der Waals surface area contributed by atoms with Crippen LogP contribution in [0.15, 0.2) is 24.3 Å². The Morgan fingerprint density at radius 2 is 2.14 bits per heavy atom. The Hall–Kier alpha value is -1.51. The standard InChI is InChI=1S/C11H16N2O/c1-12-10-6-4-5-9(7-10)8-11(14)13(2)3/h4-7,12H,8H2,1-3H3. The predicted molar refractivity (Wildman–Crippen MR) is 58.4 cm³/mol. The van der Waals surface area contributed by atoms with E-state index in [-0.39, 0.29) is 5.91 Å². The van der Waals surface area contributed by atoms with Crippen LogP contribution < -0.4 is 5.32 Å². The van der Waals surface area contributed by atoms with Crippen molar-refractivity contribution in [2.24, 2.45) is 0 Å². The molecule has 0 aliphatic rings. The summed E-state index contributed by atoms with van der Waals surface area (Å²) >= 11 is 0. The van der Waals surface area contributed by atoms with E-state index in [1.165, 1.54) is 0 Å². The third-order valence-electron chi connectivity index (χ3n) is 2.07. The first kappa shape index (κ1) is 10.6. The molecule has 0 aliphatic carbocycles. The molecule has 1 rings (SSSR count). The summed E-state index contributed by atoms with van der Waals surface area (Å²) in [7, 11) is 5.40. The van der Waals surface area contributed by atoms with Crippen LogP contribution in [0.3, 0.4) is 0 Å². The summed E-state index contributed by atoms with van der Waals surface area (Å²) in [6.07, 6.45) is 0.461. The molecule has 76 valence electrons. The predicted octanol–water partition coefficient (Wildman–Crippen LogP) is 1.36. The van der Waals surface area contributed by atoms with E-state index in [1.54, 1.807) is 19.0 Å². The van der Waals surface area contributed by atoms with Gasteiger partial charge in [0.15, 0.2) is 0 Å². The Morgan fingerprint density at radius 3 is 2.71 bits per heavy atom. The molecule has 0 heterocycles. The third-order valence-corrected chi connectivity index (χ3v) is 2.07. The molecule has 3 nitrogen and oxygen atoms in total. The first-order valence-electron chi connectivity index (χ1n) is 4.60. The van der Waals surface area contributed by atoms with Crippen molar-refractivity contribution in [3.8, 4) is 0 Å². The van der Waals surface area contributed by atoms with Crippen molar-refractivity contribution < 1.29 is 4.79 Å². The summed E-state index contributed by atoms with van der Waals surface area (Å²) < 4.78 is 0. The van der Waals surface area contributed by atoms with E-state index in [0.717, 1.165) is 11.3 Å². The number of hydrogen-bond donors (Lipinski definition) is 1. The first-order valence-corrected chi connectivity index (χ1v) is 4.60. The molecule has 0 radical (unpaired) electrons. The van der Waals surface area contributed by atoms with Gasteiger partial charge in [-0.25, -0.2) is 0 Å². The topological polar surface area (TPSA) is 32.3 Å². The van der Waals surface area contributed by atoms with E-state index < -0.39 is 0 Å². The Morgan fingerprint density at radius 1 is 1.43 bits per heavy atom. The Labute approximate surface area is 84.7 Å². The summed E-state index contributed by atoms with van der Waals surface area (Å²) in [5, 5.41) is 3.04. The van der Waals surface area contributed by atoms with Crippen molar-refractivity contribution in [2.45, 2.75) is 6.42 Å². The van der Waals surface area contributed by atoms with Crippen molar-refractivity contribution in [1.29, 1.82) is 0 Å². The maximum atomic E-state index is 11.4. The van der Waals surface area contributed by atoms with Gasteiger partial charge in [0.2, 0.25) is 5.91 Å². The lowest BCUT2D eigenvalue weighted by Gasteiger charge is -2.10. The van der Waals surface area contributed by atoms with Crippen LogP contribution in [0.4, 0.5) is 5.69 Å². The quantitative estimate of drug-likeness (QED) is 0.784. The van der Waals surface area contributed by atoms with Crippen molar-refractivity contribution >= 4 is 11.6 Å². The van der Waals surface area contributed by atoms with Gasteiger partial charge < -0.3 is 10.2 Å². The molecular weight excluding hydrogens is 176 g/mol. The number of rotatable bonds is 3. The lowest BCUT2D eigenvalue weighted by Crippen LogP contribution is -2.23. The molecular formula is C11H16N2O. The second-order valence-corrected chi connectivity index (χ2v) is 3.42. The molecule has 1 N–H and O–H groups in total. The number of hydrogen-bond acceptors (Lipinski definition) is 2. The molecule has 0 saturated heterocycles. The van der Waals surface area contributed by atoms with Gasteiger partial charge in [0.1, 0.15) is 0 Å². The zero-order chi connectivity index (χ0) is 10.6. The molecule has 1 aromatic carbocycles. The number of carbonyl (C=O) groups is 1. The summed E-state index contributed by atoms with van der Waals surface area (Å²) in [5.41, 5.74) is 2.07. The maximum absolute atomic E-state index is 11.4. The minimum absolute atomic E-state index is 0.123. The first-order chi connectivity index (χ1) is 6.63. The summed E-state index contributed by atoms with van der Waals surface area (Å²) in [6.45, 7) is 0. The Balaban J connectivity index is 2.72. The molecule has 14 heavy (non-hydrogen) atoms. The van der Waals surface area contributed by atoms with Gasteiger partial charge in [-0.3, -0.25) is 4.79 Å². The molecule has 0 fully saturated rings. The molecule has 0 atom stereocenters. The van der Waals surface area contributed by atoms with Crippen molar-refractivity contribution in [2.75, 3.05) is 26.5 Å². The zero-order valence-corrected chi connectivity index (χ0v) is 8.87. The average molecular weight is 192 g/mol. The molecule has 3 heteroatoms. The molecule has 0 saturated carbocycles. The monoisotopic (exact) mass is 192 g/mol. The maximum Gasteiger partial charge on any atom is 0.226 e. The number of nitrogens with one attached hydrogen (secondary N) is 1. The van der Waals surface area contributed by atoms with Crippen molar-refractivity contribution in [3.05, 3.63) is 29.8 Å². The summed E-state index contributed by atoms with van der Waals surface area (Å²) in [4.78, 5) is 13.0. The number of likely N-dealkylation sites (N-methyl/N-ethyl adjacent to an activating group) is 1. The van der Waals surface area contributed by atoms with Crippen LogP contribution in [0.25, 0.3) is 0 Å². The van der Waals surface area contributed by atoms with Gasteiger partial charge in [-0.15, -0.1) is 0 Å². The van der Waals surface area contributed by atoms with Gasteiger partial charge in [0.05, 0.1) is 6.42 Å². The second kappa shape index (κ2) is 4.65. The lowest BCUT2D eigenvalue weighted by atomic mass is 10.1. The summed E-state index contributed by atoms with van der Waals surface area (Å²) in [6, 6.07) is 7.87. The molecule has 0 aliphatic heterocycles. The smallest absolute Gasteiger partial charge is 0.226 e. The minimum atomic E-state index is 0.123. The van der Waals surface area contributed by atoms with Crippen LogP contribution in [0.2, 0.25) is 0 Å². The highest BCUT2D eigenvalue weighted by molar-refractivity contribution is 5.78. The van der Waals surface area contributed by atoms with E-state index in [9.17, 15) is 4.79 Å². The Bertz CT molecular complexity index is 321. The number of nitrogens with zero attached hydrogens (tertiary/aromatic N) is 1. The third kappa shape index (κ3) is 2.76. The second-order valence-electron chi connectivity index (χ2n) is 3.42. The normalized spacial score (nSPS) is 9.64. The van der Waals surface area contributed by atoms with E-state index in [2.05, 4.69) is 5.32 Å². The highest BCUT2D eigenvalue weighted by atomic mass is 16.2. The highest BCUT2D eigenvalue weighted by Crippen LogP contribution is 2.10. The molecule has 0 aromatic heterocycles. The van der Waals surface area contributed by atoms with Crippen LogP contribution in [-0.4, -0.2) is 32.0 Å². The van der Waals surface area contributed by atoms with E-state index in [4.69, 9.17) is 0 Å².